The molecule has 1 unspecified atom stereocenters. The van der Waals surface area contributed by atoms with E-state index in [1.165, 1.54) is 0 Å². The Labute approximate surface area is 108 Å². The number of esters is 1. The lowest BCUT2D eigenvalue weighted by atomic mass is 9.98. The van der Waals surface area contributed by atoms with Crippen LogP contribution in [0.15, 0.2) is 24.3 Å². The van der Waals surface area contributed by atoms with Crippen molar-refractivity contribution < 1.29 is 9.53 Å². The van der Waals surface area contributed by atoms with Gasteiger partial charge in [0.15, 0.2) is 0 Å². The first-order chi connectivity index (χ1) is 8.13. The van der Waals surface area contributed by atoms with E-state index < -0.39 is 0 Å². The van der Waals surface area contributed by atoms with E-state index in [9.17, 15) is 4.79 Å². The molecule has 0 saturated carbocycles. The molecule has 0 spiro atoms. The quantitative estimate of drug-likeness (QED) is 0.562. The van der Waals surface area contributed by atoms with Gasteiger partial charge in [-0.05, 0) is 30.0 Å². The summed E-state index contributed by atoms with van der Waals surface area (Å²) in [7, 11) is 0. The predicted octanol–water partition coefficient (Wildman–Crippen LogP) is 4.18. The van der Waals surface area contributed by atoms with Gasteiger partial charge in [-0.2, -0.15) is 0 Å². The molecule has 0 heterocycles. The molecule has 0 N–H and O–H groups in total. The van der Waals surface area contributed by atoms with Crippen molar-refractivity contribution in [3.8, 4) is 0 Å². The Morgan fingerprint density at radius 3 is 2.88 bits per heavy atom. The lowest BCUT2D eigenvalue weighted by Gasteiger charge is -2.11. The smallest absolute Gasteiger partial charge is 0.306 e. The molecule has 17 heavy (non-hydrogen) atoms. The first kappa shape index (κ1) is 14.0. The number of unbranched alkanes of at least 4 members (excludes halogenated alkanes) is 1. The molecule has 0 aliphatic rings. The van der Waals surface area contributed by atoms with Gasteiger partial charge >= 0.3 is 5.97 Å². The number of hydrogen-bond donors (Lipinski definition) is 0. The Hall–Kier alpha value is -1.02. The highest BCUT2D eigenvalue weighted by Gasteiger charge is 2.12. The van der Waals surface area contributed by atoms with Crippen molar-refractivity contribution in [1.29, 1.82) is 0 Å². The van der Waals surface area contributed by atoms with Gasteiger partial charge in [-0.1, -0.05) is 44.0 Å². The second kappa shape index (κ2) is 7.33. The first-order valence-corrected chi connectivity index (χ1v) is 6.42. The molecule has 1 rings (SSSR count). The standard InChI is InChI=1S/C14H19ClO2/c1-3-4-8-17-14(16)9-11(2)12-6-5-7-13(15)10-12/h5-7,10-11H,3-4,8-9H2,1-2H3. The fraction of sp³-hybridized carbons (Fsp3) is 0.500. The van der Waals surface area contributed by atoms with Crippen LogP contribution in [0.2, 0.25) is 5.02 Å². The van der Waals surface area contributed by atoms with Crippen LogP contribution in [0.3, 0.4) is 0 Å². The second-order valence-corrected chi connectivity index (χ2v) is 4.67. The fourth-order valence-corrected chi connectivity index (χ4v) is 1.77. The van der Waals surface area contributed by atoms with E-state index in [0.717, 1.165) is 18.4 Å². The number of carbonyl (C=O) groups excluding carboxylic acids is 1. The van der Waals surface area contributed by atoms with E-state index in [1.54, 1.807) is 0 Å². The highest BCUT2D eigenvalue weighted by Crippen LogP contribution is 2.22. The van der Waals surface area contributed by atoms with Gasteiger partial charge in [0.2, 0.25) is 0 Å². The Morgan fingerprint density at radius 1 is 1.47 bits per heavy atom. The molecule has 94 valence electrons. The number of ether oxygens (including phenoxy) is 1. The lowest BCUT2D eigenvalue weighted by Crippen LogP contribution is -2.09. The van der Waals surface area contributed by atoms with Crippen LogP contribution in [0.5, 0.6) is 0 Å². The second-order valence-electron chi connectivity index (χ2n) is 4.23. The van der Waals surface area contributed by atoms with Crippen LogP contribution >= 0.6 is 11.6 Å². The summed E-state index contributed by atoms with van der Waals surface area (Å²) in [5.41, 5.74) is 1.07. The highest BCUT2D eigenvalue weighted by molar-refractivity contribution is 6.30. The maximum Gasteiger partial charge on any atom is 0.306 e. The average molecular weight is 255 g/mol. The molecular weight excluding hydrogens is 236 g/mol. The first-order valence-electron chi connectivity index (χ1n) is 6.04. The van der Waals surface area contributed by atoms with Gasteiger partial charge in [-0.3, -0.25) is 4.79 Å². The molecule has 0 aromatic heterocycles. The number of halogens is 1. The third-order valence-electron chi connectivity index (χ3n) is 2.65. The van der Waals surface area contributed by atoms with Crippen LogP contribution in [0.4, 0.5) is 0 Å². The van der Waals surface area contributed by atoms with Gasteiger partial charge in [0.1, 0.15) is 0 Å². The lowest BCUT2D eigenvalue weighted by molar-refractivity contribution is -0.144. The van der Waals surface area contributed by atoms with Gasteiger partial charge in [-0.25, -0.2) is 0 Å². The topological polar surface area (TPSA) is 26.3 Å². The van der Waals surface area contributed by atoms with Crippen molar-refractivity contribution in [3.63, 3.8) is 0 Å². The van der Waals surface area contributed by atoms with Crippen molar-refractivity contribution in [1.82, 2.24) is 0 Å². The van der Waals surface area contributed by atoms with Crippen LogP contribution in [0.1, 0.15) is 44.6 Å². The monoisotopic (exact) mass is 254 g/mol. The maximum absolute atomic E-state index is 11.5. The highest BCUT2D eigenvalue weighted by atomic mass is 35.5. The number of hydrogen-bond acceptors (Lipinski definition) is 2. The Morgan fingerprint density at radius 2 is 2.24 bits per heavy atom. The van der Waals surface area contributed by atoms with Crippen LogP contribution in [0.25, 0.3) is 0 Å². The predicted molar refractivity (Wildman–Crippen MR) is 70.4 cm³/mol. The van der Waals surface area contributed by atoms with Crippen molar-refractivity contribution in [2.45, 2.75) is 39.0 Å². The summed E-state index contributed by atoms with van der Waals surface area (Å²) < 4.78 is 5.13. The molecule has 2 nitrogen and oxygen atoms in total. The van der Waals surface area contributed by atoms with Gasteiger partial charge in [0.25, 0.3) is 0 Å². The van der Waals surface area contributed by atoms with Crippen LogP contribution < -0.4 is 0 Å². The summed E-state index contributed by atoms with van der Waals surface area (Å²) in [4.78, 5) is 11.5. The Bertz CT molecular complexity index is 363. The van der Waals surface area contributed by atoms with Gasteiger partial charge in [0, 0.05) is 5.02 Å². The molecule has 3 heteroatoms. The molecule has 0 amide bonds. The molecule has 0 saturated heterocycles. The normalized spacial score (nSPS) is 12.2. The van der Waals surface area contributed by atoms with E-state index in [2.05, 4.69) is 6.92 Å². The Kier molecular flexibility index (Phi) is 6.06. The van der Waals surface area contributed by atoms with E-state index >= 15 is 0 Å². The van der Waals surface area contributed by atoms with Crippen molar-refractivity contribution in [3.05, 3.63) is 34.9 Å². The van der Waals surface area contributed by atoms with Crippen LogP contribution in [-0.2, 0) is 9.53 Å². The van der Waals surface area contributed by atoms with Gasteiger partial charge < -0.3 is 4.74 Å². The molecule has 0 aliphatic heterocycles. The van der Waals surface area contributed by atoms with Crippen molar-refractivity contribution in [2.24, 2.45) is 0 Å². The average Bonchev–Trinajstić information content (AvgIpc) is 2.29. The SMILES string of the molecule is CCCCOC(=O)CC(C)c1cccc(Cl)c1. The number of benzene rings is 1. The molecule has 0 fully saturated rings. The molecular formula is C14H19ClO2. The van der Waals surface area contributed by atoms with E-state index in [4.69, 9.17) is 16.3 Å². The van der Waals surface area contributed by atoms with Gasteiger partial charge in [0.05, 0.1) is 13.0 Å². The van der Waals surface area contributed by atoms with Crippen LogP contribution in [0, 0.1) is 0 Å². The van der Waals surface area contributed by atoms with Gasteiger partial charge in [-0.15, -0.1) is 0 Å². The molecule has 1 aromatic carbocycles. The molecule has 0 aliphatic carbocycles. The fourth-order valence-electron chi connectivity index (χ4n) is 1.57. The number of rotatable bonds is 6. The molecule has 0 bridgehead atoms. The zero-order valence-corrected chi connectivity index (χ0v) is 11.2. The minimum absolute atomic E-state index is 0.133. The molecule has 1 atom stereocenters. The van der Waals surface area contributed by atoms with E-state index in [0.29, 0.717) is 18.1 Å². The summed E-state index contributed by atoms with van der Waals surface area (Å²) >= 11 is 5.91. The summed E-state index contributed by atoms with van der Waals surface area (Å²) in [6.45, 7) is 4.60. The van der Waals surface area contributed by atoms with Crippen molar-refractivity contribution >= 4 is 17.6 Å². The van der Waals surface area contributed by atoms with Crippen molar-refractivity contribution in [2.75, 3.05) is 6.61 Å². The summed E-state index contributed by atoms with van der Waals surface area (Å²) in [6, 6.07) is 7.61. The third kappa shape index (κ3) is 5.22. The molecule has 1 aromatic rings. The van der Waals surface area contributed by atoms with Crippen LogP contribution in [-0.4, -0.2) is 12.6 Å². The summed E-state index contributed by atoms with van der Waals surface area (Å²) in [5, 5.41) is 0.703. The molecule has 0 radical (unpaired) electrons. The number of carbonyl (C=O) groups is 1. The minimum atomic E-state index is -0.133. The maximum atomic E-state index is 11.5. The Balaban J connectivity index is 2.43. The zero-order valence-electron chi connectivity index (χ0n) is 10.4. The largest absolute Gasteiger partial charge is 0.466 e. The van der Waals surface area contributed by atoms with E-state index in [-0.39, 0.29) is 11.9 Å². The zero-order chi connectivity index (χ0) is 12.7. The third-order valence-corrected chi connectivity index (χ3v) is 2.89. The minimum Gasteiger partial charge on any atom is -0.466 e. The van der Waals surface area contributed by atoms with E-state index in [1.807, 2.05) is 31.2 Å². The summed E-state index contributed by atoms with van der Waals surface area (Å²) in [5.74, 6) is 0.00810. The summed E-state index contributed by atoms with van der Waals surface area (Å²) in [6.07, 6.45) is 2.37.